The minimum absolute atomic E-state index is 1.09. The van der Waals surface area contributed by atoms with Gasteiger partial charge in [-0.05, 0) is 8.39 Å². The van der Waals surface area contributed by atoms with E-state index in [0.717, 1.165) is 13.8 Å². The molecule has 0 aromatic heterocycles. The first-order valence-corrected chi connectivity index (χ1v) is 5.08. The smallest absolute Gasteiger partial charge is 0.402 e. The molecule has 0 aliphatic carbocycles. The van der Waals surface area contributed by atoms with Gasteiger partial charge in [0, 0.05) is 13.8 Å². The van der Waals surface area contributed by atoms with E-state index in [1.165, 1.54) is 0 Å². The summed E-state index contributed by atoms with van der Waals surface area (Å²) in [7, 11) is -4.48. The van der Waals surface area contributed by atoms with E-state index in [-0.39, 0.29) is 0 Å². The summed E-state index contributed by atoms with van der Waals surface area (Å²) in [5.41, 5.74) is 0. The van der Waals surface area contributed by atoms with E-state index in [1.807, 2.05) is 0 Å². The van der Waals surface area contributed by atoms with Crippen molar-refractivity contribution in [2.24, 2.45) is 0 Å². The highest BCUT2D eigenvalue weighted by Crippen LogP contribution is 3.00. The molecule has 13 heavy (non-hydrogen) atoms. The fourth-order valence-corrected chi connectivity index (χ4v) is 3.43. The summed E-state index contributed by atoms with van der Waals surface area (Å²) in [5, 5.41) is -3.77. The Morgan fingerprint density at radius 3 is 1.69 bits per heavy atom. The topological polar surface area (TPSA) is 52.6 Å². The third-order valence-corrected chi connectivity index (χ3v) is 5.59. The Balaban J connectivity index is 2.41. The maximum atomic E-state index is 13.2. The van der Waals surface area contributed by atoms with Gasteiger partial charge in [-0.2, -0.15) is 0 Å². The van der Waals surface area contributed by atoms with Crippen LogP contribution >= 0.6 is 7.88 Å². The van der Waals surface area contributed by atoms with Gasteiger partial charge < -0.3 is 9.47 Å². The molecule has 0 bridgehead atoms. The number of ether oxygens (including phenoxy) is 2. The van der Waals surface area contributed by atoms with Crippen molar-refractivity contribution in [3.63, 3.8) is 0 Å². The fraction of sp³-hybridized carbons (Fsp3) is 0.667. The van der Waals surface area contributed by atoms with Crippen LogP contribution in [0.4, 0.5) is 8.39 Å². The Hall–Kier alpha value is -0.770. The lowest BCUT2D eigenvalue weighted by Crippen LogP contribution is -2.41. The molecule has 0 radical (unpaired) electrons. The SMILES string of the molecule is CC12OC(=O)C(=O)O[C@]1(C)[P+]2(F)F. The number of hydrogen-bond acceptors (Lipinski definition) is 4. The first-order valence-electron chi connectivity index (χ1n) is 3.51. The van der Waals surface area contributed by atoms with Gasteiger partial charge in [0.15, 0.2) is 0 Å². The van der Waals surface area contributed by atoms with Crippen molar-refractivity contribution in [2.75, 3.05) is 0 Å². The van der Waals surface area contributed by atoms with Crippen LogP contribution in [0.2, 0.25) is 0 Å². The third kappa shape index (κ3) is 0.655. The predicted octanol–water partition coefficient (Wildman–Crippen LogP) is 1.32. The second-order valence-electron chi connectivity index (χ2n) is 3.26. The van der Waals surface area contributed by atoms with Crippen LogP contribution < -0.4 is 0 Å². The average molecular weight is 211 g/mol. The highest BCUT2D eigenvalue weighted by atomic mass is 31.2. The molecule has 0 saturated carbocycles. The second kappa shape index (κ2) is 1.85. The molecule has 2 saturated heterocycles. The van der Waals surface area contributed by atoms with Gasteiger partial charge in [-0.15, -0.1) is 0 Å². The van der Waals surface area contributed by atoms with E-state index in [1.54, 1.807) is 0 Å². The zero-order chi connectivity index (χ0) is 10.1. The van der Waals surface area contributed by atoms with Crippen LogP contribution in [0, 0.1) is 0 Å². The largest absolute Gasteiger partial charge is 0.491 e. The van der Waals surface area contributed by atoms with Crippen LogP contribution in [0.25, 0.3) is 0 Å². The van der Waals surface area contributed by atoms with Gasteiger partial charge in [-0.1, -0.05) is 0 Å². The fourth-order valence-electron chi connectivity index (χ4n) is 1.40. The van der Waals surface area contributed by atoms with E-state index < -0.39 is 30.5 Å². The van der Waals surface area contributed by atoms with E-state index in [9.17, 15) is 18.0 Å². The maximum Gasteiger partial charge on any atom is 0.491 e. The molecule has 0 N–H and O–H groups in total. The molecule has 1 unspecified atom stereocenters. The highest BCUT2D eigenvalue weighted by molar-refractivity contribution is 7.77. The molecule has 0 aromatic rings. The quantitative estimate of drug-likeness (QED) is 0.344. The Morgan fingerprint density at radius 1 is 1.08 bits per heavy atom. The number of carbonyl (C=O) groups excluding carboxylic acids is 2. The summed E-state index contributed by atoms with van der Waals surface area (Å²) in [4.78, 5) is 21.3. The molecule has 0 amide bonds. The lowest BCUT2D eigenvalue weighted by atomic mass is 10.2. The molecule has 7 heteroatoms. The van der Waals surface area contributed by atoms with Crippen LogP contribution in [0.15, 0.2) is 0 Å². The third-order valence-electron chi connectivity index (χ3n) is 2.63. The number of carbonyl (C=O) groups is 2. The number of halogens is 2. The van der Waals surface area contributed by atoms with E-state index in [0.29, 0.717) is 0 Å². The van der Waals surface area contributed by atoms with Crippen molar-refractivity contribution in [3.05, 3.63) is 0 Å². The summed E-state index contributed by atoms with van der Waals surface area (Å²) in [6, 6.07) is 0. The van der Waals surface area contributed by atoms with Gasteiger partial charge in [0.1, 0.15) is 0 Å². The normalized spacial score (nSPS) is 46.2. The molecule has 2 aliphatic heterocycles. The monoisotopic (exact) mass is 211 g/mol. The molecular formula is C6H6F2O4P+. The minimum atomic E-state index is -4.48. The zero-order valence-electron chi connectivity index (χ0n) is 6.84. The predicted molar refractivity (Wildman–Crippen MR) is 38.1 cm³/mol. The average Bonchev–Trinajstić information content (AvgIpc) is 2.30. The van der Waals surface area contributed by atoms with Crippen LogP contribution in [0.3, 0.4) is 0 Å². The van der Waals surface area contributed by atoms with Crippen molar-refractivity contribution < 1.29 is 27.5 Å². The summed E-state index contributed by atoms with van der Waals surface area (Å²) < 4.78 is 35.1. The molecule has 72 valence electrons. The molecule has 2 atom stereocenters. The Bertz CT molecular complexity index is 301. The van der Waals surface area contributed by atoms with Crippen molar-refractivity contribution in [1.82, 2.24) is 0 Å². The standard InChI is InChI=1S/C6H6F2O4P/c1-5-6(2,13(5,7)8)12-4(10)3(9)11-5/h1-2H3/q+1/t5-,6?/m1/s1. The number of hydrogen-bond donors (Lipinski definition) is 0. The number of esters is 2. The molecule has 4 nitrogen and oxygen atoms in total. The van der Waals surface area contributed by atoms with Gasteiger partial charge >= 0.3 is 30.5 Å². The van der Waals surface area contributed by atoms with Crippen LogP contribution in [0.1, 0.15) is 13.8 Å². The van der Waals surface area contributed by atoms with E-state index in [2.05, 4.69) is 9.47 Å². The second-order valence-corrected chi connectivity index (χ2v) is 5.99. The lowest BCUT2D eigenvalue weighted by Gasteiger charge is -2.14. The van der Waals surface area contributed by atoms with Gasteiger partial charge in [-0.25, -0.2) is 9.59 Å². The molecule has 0 aromatic carbocycles. The summed E-state index contributed by atoms with van der Waals surface area (Å²) in [5.74, 6) is -2.67. The number of fused-ring (bicyclic) bond motifs is 1. The van der Waals surface area contributed by atoms with Crippen LogP contribution in [0.5, 0.6) is 0 Å². The molecular weight excluding hydrogens is 205 g/mol. The molecule has 2 rings (SSSR count). The Morgan fingerprint density at radius 2 is 1.38 bits per heavy atom. The highest BCUT2D eigenvalue weighted by Gasteiger charge is 3.08. The molecule has 0 spiro atoms. The zero-order valence-corrected chi connectivity index (χ0v) is 7.73. The Labute approximate surface area is 72.8 Å². The van der Waals surface area contributed by atoms with Crippen LogP contribution in [-0.2, 0) is 19.1 Å². The van der Waals surface area contributed by atoms with Crippen molar-refractivity contribution in [3.8, 4) is 0 Å². The van der Waals surface area contributed by atoms with Gasteiger partial charge in [0.05, 0.1) is 0 Å². The summed E-state index contributed by atoms with van der Waals surface area (Å²) in [6.07, 6.45) is 0. The van der Waals surface area contributed by atoms with E-state index >= 15 is 0 Å². The van der Waals surface area contributed by atoms with Crippen molar-refractivity contribution >= 4 is 19.8 Å². The summed E-state index contributed by atoms with van der Waals surface area (Å²) >= 11 is 0. The first kappa shape index (κ1) is 8.81. The summed E-state index contributed by atoms with van der Waals surface area (Å²) in [6.45, 7) is 2.18. The first-order chi connectivity index (χ1) is 5.76. The molecule has 2 aliphatic rings. The van der Waals surface area contributed by atoms with Crippen LogP contribution in [-0.4, -0.2) is 22.6 Å². The van der Waals surface area contributed by atoms with Crippen molar-refractivity contribution in [1.29, 1.82) is 0 Å². The number of rotatable bonds is 0. The Kier molecular flexibility index (Phi) is 1.25. The maximum absolute atomic E-state index is 13.2. The molecule has 2 fully saturated rings. The lowest BCUT2D eigenvalue weighted by molar-refractivity contribution is -0.191. The molecule has 2 heterocycles. The van der Waals surface area contributed by atoms with Gasteiger partial charge in [-0.3, -0.25) is 0 Å². The van der Waals surface area contributed by atoms with Crippen molar-refractivity contribution in [2.45, 2.75) is 24.5 Å². The van der Waals surface area contributed by atoms with E-state index in [4.69, 9.17) is 0 Å². The van der Waals surface area contributed by atoms with Gasteiger partial charge in [0.2, 0.25) is 0 Å². The minimum Gasteiger partial charge on any atom is -0.402 e. The van der Waals surface area contributed by atoms with Gasteiger partial charge in [0.25, 0.3) is 0 Å².